The second-order valence-corrected chi connectivity index (χ2v) is 5.01. The van der Waals surface area contributed by atoms with Gasteiger partial charge in [0.05, 0.1) is 0 Å². The molecule has 90 valence electrons. The van der Waals surface area contributed by atoms with E-state index >= 15 is 0 Å². The van der Waals surface area contributed by atoms with Gasteiger partial charge in [-0.15, -0.1) is 15.0 Å². The summed E-state index contributed by atoms with van der Waals surface area (Å²) in [6.07, 6.45) is 0. The summed E-state index contributed by atoms with van der Waals surface area (Å²) in [4.78, 5) is 1.49. The molecule has 4 nitrogen and oxygen atoms in total. The van der Waals surface area contributed by atoms with Crippen molar-refractivity contribution in [1.82, 2.24) is 15.0 Å². The lowest BCUT2D eigenvalue weighted by Crippen LogP contribution is -2.03. The van der Waals surface area contributed by atoms with Gasteiger partial charge in [0.1, 0.15) is 22.5 Å². The zero-order chi connectivity index (χ0) is 12.5. The van der Waals surface area contributed by atoms with Gasteiger partial charge >= 0.3 is 0 Å². The SMILES string of the molecule is CPc1ccc(O)c(-n2nc3ccccc3n2)c1. The number of phenols is 1. The van der Waals surface area contributed by atoms with E-state index in [9.17, 15) is 5.11 Å². The minimum Gasteiger partial charge on any atom is -0.506 e. The van der Waals surface area contributed by atoms with Gasteiger partial charge in [-0.2, -0.15) is 0 Å². The highest BCUT2D eigenvalue weighted by molar-refractivity contribution is 7.46. The fourth-order valence-corrected chi connectivity index (χ4v) is 2.34. The van der Waals surface area contributed by atoms with E-state index in [1.54, 1.807) is 6.07 Å². The molecule has 0 spiro atoms. The largest absolute Gasteiger partial charge is 0.506 e. The molecule has 1 atom stereocenters. The summed E-state index contributed by atoms with van der Waals surface area (Å²) >= 11 is 0. The summed E-state index contributed by atoms with van der Waals surface area (Å²) in [6, 6.07) is 13.2. The van der Waals surface area contributed by atoms with Crippen molar-refractivity contribution < 1.29 is 5.11 Å². The molecule has 3 rings (SSSR count). The van der Waals surface area contributed by atoms with Crippen molar-refractivity contribution in [3.8, 4) is 11.4 Å². The Morgan fingerprint density at radius 3 is 2.33 bits per heavy atom. The van der Waals surface area contributed by atoms with Gasteiger partial charge in [-0.05, 0) is 36.2 Å². The second kappa shape index (κ2) is 4.39. The Morgan fingerprint density at radius 2 is 1.72 bits per heavy atom. The molecule has 1 heterocycles. The maximum Gasteiger partial charge on any atom is 0.143 e. The Hall–Kier alpha value is -1.93. The van der Waals surface area contributed by atoms with E-state index in [4.69, 9.17) is 0 Å². The Bertz CT molecular complexity index is 675. The monoisotopic (exact) mass is 257 g/mol. The third kappa shape index (κ3) is 1.85. The average molecular weight is 257 g/mol. The minimum absolute atomic E-state index is 0.192. The van der Waals surface area contributed by atoms with Crippen LogP contribution in [-0.2, 0) is 0 Å². The van der Waals surface area contributed by atoms with E-state index in [-0.39, 0.29) is 5.75 Å². The molecule has 0 amide bonds. The Balaban J connectivity index is 2.19. The molecule has 1 aromatic heterocycles. The number of hydrogen-bond acceptors (Lipinski definition) is 3. The normalized spacial score (nSPS) is 11.6. The Morgan fingerprint density at radius 1 is 1.06 bits per heavy atom. The van der Waals surface area contributed by atoms with Gasteiger partial charge in [-0.25, -0.2) is 0 Å². The number of rotatable bonds is 2. The van der Waals surface area contributed by atoms with Crippen LogP contribution in [-0.4, -0.2) is 26.8 Å². The lowest BCUT2D eigenvalue weighted by Gasteiger charge is -2.04. The molecule has 0 fully saturated rings. The van der Waals surface area contributed by atoms with E-state index in [1.165, 1.54) is 10.1 Å². The number of hydrogen-bond donors (Lipinski definition) is 1. The van der Waals surface area contributed by atoms with Crippen LogP contribution >= 0.6 is 8.58 Å². The molecule has 0 bridgehead atoms. The maximum absolute atomic E-state index is 9.91. The molecule has 3 aromatic rings. The van der Waals surface area contributed by atoms with Crippen molar-refractivity contribution in [3.63, 3.8) is 0 Å². The molecule has 0 aliphatic heterocycles. The van der Waals surface area contributed by atoms with Crippen LogP contribution < -0.4 is 5.30 Å². The van der Waals surface area contributed by atoms with Crippen LogP contribution in [0.1, 0.15) is 0 Å². The summed E-state index contributed by atoms with van der Waals surface area (Å²) < 4.78 is 0. The number of aromatic hydroxyl groups is 1. The highest BCUT2D eigenvalue weighted by Crippen LogP contribution is 2.22. The molecule has 0 saturated heterocycles. The Kier molecular flexibility index (Phi) is 2.73. The van der Waals surface area contributed by atoms with Crippen molar-refractivity contribution >= 4 is 24.9 Å². The predicted molar refractivity (Wildman–Crippen MR) is 74.4 cm³/mol. The van der Waals surface area contributed by atoms with Crippen LogP contribution in [0.2, 0.25) is 0 Å². The standard InChI is InChI=1S/C13H12N3OP/c1-18-9-6-7-13(17)12(8-9)16-14-10-4-2-3-5-11(10)15-16/h2-8,17-18H,1H3. The van der Waals surface area contributed by atoms with Crippen LogP contribution in [0.15, 0.2) is 42.5 Å². The summed E-state index contributed by atoms with van der Waals surface area (Å²) in [5.74, 6) is 0.192. The fraction of sp³-hybridized carbons (Fsp3) is 0.0769. The highest BCUT2D eigenvalue weighted by atomic mass is 31.1. The molecular formula is C13H12N3OP. The first kappa shape index (κ1) is 11.2. The van der Waals surface area contributed by atoms with Crippen molar-refractivity contribution in [2.45, 2.75) is 0 Å². The zero-order valence-electron chi connectivity index (χ0n) is 9.83. The van der Waals surface area contributed by atoms with Crippen LogP contribution in [0.3, 0.4) is 0 Å². The minimum atomic E-state index is 0.192. The van der Waals surface area contributed by atoms with E-state index < -0.39 is 0 Å². The van der Waals surface area contributed by atoms with Gasteiger partial charge < -0.3 is 5.11 Å². The van der Waals surface area contributed by atoms with Crippen LogP contribution in [0.5, 0.6) is 5.75 Å². The summed E-state index contributed by atoms with van der Waals surface area (Å²) in [7, 11) is 0.677. The van der Waals surface area contributed by atoms with Crippen LogP contribution in [0, 0.1) is 0 Å². The van der Waals surface area contributed by atoms with E-state index in [0.717, 1.165) is 11.0 Å². The topological polar surface area (TPSA) is 50.9 Å². The smallest absolute Gasteiger partial charge is 0.143 e. The maximum atomic E-state index is 9.91. The first-order valence-electron chi connectivity index (χ1n) is 5.61. The molecule has 1 unspecified atom stereocenters. The lowest BCUT2D eigenvalue weighted by molar-refractivity contribution is 0.468. The van der Waals surface area contributed by atoms with Crippen molar-refractivity contribution in [2.75, 3.05) is 6.66 Å². The van der Waals surface area contributed by atoms with Crippen LogP contribution in [0.25, 0.3) is 16.7 Å². The lowest BCUT2D eigenvalue weighted by atomic mass is 10.3. The Labute approximate surface area is 106 Å². The molecule has 0 radical (unpaired) electrons. The third-order valence-corrected chi connectivity index (χ3v) is 3.65. The van der Waals surface area contributed by atoms with Gasteiger partial charge in [0.2, 0.25) is 0 Å². The number of benzene rings is 2. The first-order chi connectivity index (χ1) is 8.78. The third-order valence-electron chi connectivity index (χ3n) is 2.77. The van der Waals surface area contributed by atoms with Crippen molar-refractivity contribution in [2.24, 2.45) is 0 Å². The van der Waals surface area contributed by atoms with Crippen molar-refractivity contribution in [1.29, 1.82) is 0 Å². The highest BCUT2D eigenvalue weighted by Gasteiger charge is 2.08. The molecule has 0 saturated carbocycles. The number of aromatic nitrogens is 3. The predicted octanol–water partition coefficient (Wildman–Crippen LogP) is 2.06. The van der Waals surface area contributed by atoms with Gasteiger partial charge in [-0.3, -0.25) is 0 Å². The van der Waals surface area contributed by atoms with Gasteiger partial charge in [0.15, 0.2) is 0 Å². The van der Waals surface area contributed by atoms with Gasteiger partial charge in [0, 0.05) is 0 Å². The second-order valence-electron chi connectivity index (χ2n) is 3.93. The molecule has 0 aliphatic carbocycles. The first-order valence-corrected chi connectivity index (χ1v) is 7.11. The van der Waals surface area contributed by atoms with Gasteiger partial charge in [-0.1, -0.05) is 26.8 Å². The molecule has 5 heteroatoms. The van der Waals surface area contributed by atoms with E-state index in [2.05, 4.69) is 16.9 Å². The average Bonchev–Trinajstić information content (AvgIpc) is 2.82. The number of phenolic OH excluding ortho intramolecular Hbond substituents is 1. The van der Waals surface area contributed by atoms with E-state index in [0.29, 0.717) is 14.3 Å². The van der Waals surface area contributed by atoms with Gasteiger partial charge in [0.25, 0.3) is 0 Å². The molecule has 1 N–H and O–H groups in total. The molecule has 0 aliphatic rings. The van der Waals surface area contributed by atoms with E-state index in [1.807, 2.05) is 36.4 Å². The molecular weight excluding hydrogens is 245 g/mol. The summed E-state index contributed by atoms with van der Waals surface area (Å²) in [5, 5.41) is 19.8. The quantitative estimate of drug-likeness (QED) is 0.715. The summed E-state index contributed by atoms with van der Waals surface area (Å²) in [6.45, 7) is 2.10. The number of nitrogens with zero attached hydrogens (tertiary/aromatic N) is 3. The molecule has 18 heavy (non-hydrogen) atoms. The van der Waals surface area contributed by atoms with Crippen LogP contribution in [0.4, 0.5) is 0 Å². The fourth-order valence-electron chi connectivity index (χ4n) is 1.81. The molecule has 2 aromatic carbocycles. The van der Waals surface area contributed by atoms with Crippen molar-refractivity contribution in [3.05, 3.63) is 42.5 Å². The zero-order valence-corrected chi connectivity index (χ0v) is 10.8. The summed E-state index contributed by atoms with van der Waals surface area (Å²) in [5.41, 5.74) is 2.26. The number of fused-ring (bicyclic) bond motifs is 1.